The van der Waals surface area contributed by atoms with E-state index < -0.39 is 0 Å². The fourth-order valence-corrected chi connectivity index (χ4v) is 0. The zero-order valence-electron chi connectivity index (χ0n) is 3.39. The van der Waals surface area contributed by atoms with Gasteiger partial charge in [0.1, 0.15) is 0 Å². The van der Waals surface area contributed by atoms with Gasteiger partial charge in [-0.15, -0.1) is 0 Å². The minimum Gasteiger partial charge on any atom is -1.00 e. The summed E-state index contributed by atoms with van der Waals surface area (Å²) in [5.41, 5.74) is 0. The molecule has 0 saturated carbocycles. The first-order valence-corrected chi connectivity index (χ1v) is 0. The van der Waals surface area contributed by atoms with E-state index in [2.05, 4.69) is 0 Å². The SMILES string of the molecule is [AlH3].[Fe].[H-].[H-].[Ir].[Mg+2]. The average molecular weight is 304 g/mol. The van der Waals surface area contributed by atoms with Gasteiger partial charge in [-0.25, -0.2) is 0 Å². The average Bonchev–Trinajstić information content (AvgIpc) is 0. The molecule has 0 nitrogen and oxygen atoms in total. The molecule has 0 spiro atoms. The van der Waals surface area contributed by atoms with E-state index in [1.54, 1.807) is 0 Å². The van der Waals surface area contributed by atoms with Crippen LogP contribution in [0.15, 0.2) is 0 Å². The molecule has 0 rings (SSSR count). The van der Waals surface area contributed by atoms with E-state index in [9.17, 15) is 0 Å². The van der Waals surface area contributed by atoms with Gasteiger partial charge in [0.2, 0.25) is 0 Å². The van der Waals surface area contributed by atoms with Crippen molar-refractivity contribution in [3.63, 3.8) is 0 Å². The van der Waals surface area contributed by atoms with Gasteiger partial charge in [0, 0.05) is 37.2 Å². The molecule has 0 aromatic rings. The van der Waals surface area contributed by atoms with Crippen LogP contribution < -0.4 is 0 Å². The van der Waals surface area contributed by atoms with Crippen molar-refractivity contribution in [3.05, 3.63) is 0 Å². The van der Waals surface area contributed by atoms with E-state index in [1.807, 2.05) is 0 Å². The minimum absolute atomic E-state index is 0. The summed E-state index contributed by atoms with van der Waals surface area (Å²) in [7, 11) is 0. The summed E-state index contributed by atoms with van der Waals surface area (Å²) in [5, 5.41) is 0. The number of hydrogen-bond acceptors (Lipinski definition) is 0. The van der Waals surface area contributed by atoms with Crippen LogP contribution in [-0.2, 0) is 37.2 Å². The molecule has 1 radical (unpaired) electrons. The van der Waals surface area contributed by atoms with Gasteiger partial charge in [-0.2, -0.15) is 0 Å². The Morgan fingerprint density at radius 2 is 1.25 bits per heavy atom. The summed E-state index contributed by atoms with van der Waals surface area (Å²) in [6, 6.07) is 0. The monoisotopic (exact) mass is 305 g/mol. The maximum absolute atomic E-state index is 0. The van der Waals surface area contributed by atoms with Gasteiger partial charge in [0.05, 0.1) is 0 Å². The molecule has 0 bridgehead atoms. The van der Waals surface area contributed by atoms with Crippen LogP contribution in [0.2, 0.25) is 0 Å². The molecule has 0 aliphatic carbocycles. The van der Waals surface area contributed by atoms with E-state index in [0.717, 1.165) is 0 Å². The fraction of sp³-hybridized carbons (Fsp3) is 0. The second-order valence-corrected chi connectivity index (χ2v) is 0. The Morgan fingerprint density at radius 1 is 1.25 bits per heavy atom. The zero-order chi connectivity index (χ0) is 0. The van der Waals surface area contributed by atoms with Crippen LogP contribution >= 0.6 is 0 Å². The molecular formula is H5AlFeIrMg. The van der Waals surface area contributed by atoms with Gasteiger partial charge in [0.15, 0.2) is 17.4 Å². The maximum Gasteiger partial charge on any atom is 2.00 e. The van der Waals surface area contributed by atoms with E-state index in [-0.39, 0.29) is 80.4 Å². The zero-order valence-corrected chi connectivity index (χ0v) is 6.31. The third-order valence-electron chi connectivity index (χ3n) is 0. The number of hydrogen-bond donors (Lipinski definition) is 0. The number of rotatable bonds is 0. The minimum atomic E-state index is 0. The van der Waals surface area contributed by atoms with Crippen molar-refractivity contribution in [1.82, 2.24) is 0 Å². The second kappa shape index (κ2) is 17.9. The Kier molecular flexibility index (Phi) is 142. The molecular weight excluding hydrogens is 299 g/mol. The van der Waals surface area contributed by atoms with E-state index in [0.29, 0.717) is 0 Å². The van der Waals surface area contributed by atoms with Crippen molar-refractivity contribution >= 4 is 40.4 Å². The molecule has 0 heterocycles. The van der Waals surface area contributed by atoms with Crippen LogP contribution in [0.5, 0.6) is 0 Å². The van der Waals surface area contributed by atoms with Crippen LogP contribution in [0, 0.1) is 0 Å². The Labute approximate surface area is 79.6 Å². The van der Waals surface area contributed by atoms with E-state index >= 15 is 0 Å². The van der Waals surface area contributed by atoms with Crippen LogP contribution in [0.3, 0.4) is 0 Å². The molecule has 0 unspecified atom stereocenters. The van der Waals surface area contributed by atoms with Gasteiger partial charge in [-0.05, 0) is 0 Å². The Bertz CT molecular complexity index is 13.5. The molecule has 0 amide bonds. The first-order valence-electron chi connectivity index (χ1n) is 0. The second-order valence-electron chi connectivity index (χ2n) is 0. The van der Waals surface area contributed by atoms with Crippen molar-refractivity contribution in [2.45, 2.75) is 0 Å². The molecule has 0 aromatic heterocycles. The van der Waals surface area contributed by atoms with E-state index in [1.165, 1.54) is 0 Å². The third-order valence-corrected chi connectivity index (χ3v) is 0. The molecule has 0 saturated heterocycles. The summed E-state index contributed by atoms with van der Waals surface area (Å²) in [6.07, 6.45) is 0. The normalized spacial score (nSPS) is 0. The molecule has 0 aromatic carbocycles. The van der Waals surface area contributed by atoms with E-state index in [4.69, 9.17) is 0 Å². The van der Waals surface area contributed by atoms with Gasteiger partial charge in [0.25, 0.3) is 0 Å². The molecule has 0 atom stereocenters. The molecule has 0 N–H and O–H groups in total. The van der Waals surface area contributed by atoms with Gasteiger partial charge in [-0.1, -0.05) is 0 Å². The van der Waals surface area contributed by atoms with Gasteiger partial charge >= 0.3 is 23.1 Å². The smallest absolute Gasteiger partial charge is 1.00 e. The standard InChI is InChI=1S/Al.Fe.Ir.Mg.5H/q;;;+2;;;;2*-1. The van der Waals surface area contributed by atoms with Crippen LogP contribution in [0.4, 0.5) is 0 Å². The summed E-state index contributed by atoms with van der Waals surface area (Å²) in [4.78, 5) is 0. The Hall–Kier alpha value is 2.47. The topological polar surface area (TPSA) is 0 Å². The summed E-state index contributed by atoms with van der Waals surface area (Å²) in [5.74, 6) is 0. The first kappa shape index (κ1) is 31.8. The van der Waals surface area contributed by atoms with Crippen LogP contribution in [0.1, 0.15) is 2.85 Å². The summed E-state index contributed by atoms with van der Waals surface area (Å²) >= 11 is 0. The first-order chi connectivity index (χ1) is 0. The van der Waals surface area contributed by atoms with Crippen molar-refractivity contribution in [2.24, 2.45) is 0 Å². The molecule has 0 fully saturated rings. The Balaban J connectivity index is 0. The fourth-order valence-electron chi connectivity index (χ4n) is 0. The van der Waals surface area contributed by atoms with Gasteiger partial charge in [-0.3, -0.25) is 0 Å². The largest absolute Gasteiger partial charge is 2.00 e. The maximum atomic E-state index is 0. The van der Waals surface area contributed by atoms with Gasteiger partial charge < -0.3 is 2.85 Å². The third kappa shape index (κ3) is 8.82. The molecule has 0 aliphatic heterocycles. The van der Waals surface area contributed by atoms with Crippen LogP contribution in [0.25, 0.3) is 0 Å². The molecule has 27 valence electrons. The van der Waals surface area contributed by atoms with Crippen molar-refractivity contribution in [2.75, 3.05) is 0 Å². The molecule has 4 heteroatoms. The van der Waals surface area contributed by atoms with Crippen LogP contribution in [-0.4, -0.2) is 40.4 Å². The van der Waals surface area contributed by atoms with Crippen molar-refractivity contribution in [3.8, 4) is 0 Å². The quantitative estimate of drug-likeness (QED) is 0.486. The van der Waals surface area contributed by atoms with Crippen molar-refractivity contribution < 1.29 is 40.0 Å². The Morgan fingerprint density at radius 3 is 1.25 bits per heavy atom. The molecule has 0 aliphatic rings. The van der Waals surface area contributed by atoms with Crippen molar-refractivity contribution in [1.29, 1.82) is 0 Å². The predicted octanol–water partition coefficient (Wildman–Crippen LogP) is -1.34. The summed E-state index contributed by atoms with van der Waals surface area (Å²) < 4.78 is 0. The predicted molar refractivity (Wildman–Crippen MR) is 17.9 cm³/mol. The summed E-state index contributed by atoms with van der Waals surface area (Å²) in [6.45, 7) is 0. The molecule has 4 heavy (non-hydrogen) atoms.